The van der Waals surface area contributed by atoms with Crippen molar-refractivity contribution < 1.29 is 18.3 Å². The molecule has 0 aliphatic rings. The predicted molar refractivity (Wildman–Crippen MR) is 73.5 cm³/mol. The Morgan fingerprint density at radius 2 is 1.95 bits per heavy atom. The van der Waals surface area contributed by atoms with E-state index in [0.717, 1.165) is 6.42 Å². The summed E-state index contributed by atoms with van der Waals surface area (Å²) in [6.45, 7) is 1.06. The molecule has 6 heteroatoms. The minimum absolute atomic E-state index is 0.140. The number of nitrogens with one attached hydrogen (secondary N) is 1. The van der Waals surface area contributed by atoms with Gasteiger partial charge in [-0.15, -0.1) is 0 Å². The van der Waals surface area contributed by atoms with E-state index in [9.17, 15) is 8.78 Å². The lowest BCUT2D eigenvalue weighted by atomic mass is 9.95. The number of hydrazine groups is 1. The van der Waals surface area contributed by atoms with Gasteiger partial charge in [0.25, 0.3) is 0 Å². The van der Waals surface area contributed by atoms with Gasteiger partial charge in [-0.3, -0.25) is 11.3 Å². The molecule has 1 aromatic rings. The SMILES string of the molecule is COC(C)(C)CCC(NN)c1ccccc1OC(F)F. The maximum atomic E-state index is 12.4. The molecule has 0 saturated carbocycles. The Balaban J connectivity index is 2.84. The van der Waals surface area contributed by atoms with E-state index in [1.165, 1.54) is 6.07 Å². The zero-order valence-electron chi connectivity index (χ0n) is 12.0. The zero-order valence-corrected chi connectivity index (χ0v) is 12.0. The van der Waals surface area contributed by atoms with Gasteiger partial charge in [-0.2, -0.15) is 8.78 Å². The number of alkyl halides is 2. The highest BCUT2D eigenvalue weighted by atomic mass is 19.3. The molecule has 3 N–H and O–H groups in total. The molecule has 1 rings (SSSR count). The second-order valence-corrected chi connectivity index (χ2v) is 5.14. The van der Waals surface area contributed by atoms with Crippen molar-refractivity contribution in [1.29, 1.82) is 0 Å². The van der Waals surface area contributed by atoms with Crippen molar-refractivity contribution in [2.45, 2.75) is 44.9 Å². The van der Waals surface area contributed by atoms with Gasteiger partial charge in [-0.05, 0) is 32.8 Å². The predicted octanol–water partition coefficient (Wildman–Crippen LogP) is 3.00. The third-order valence-corrected chi connectivity index (χ3v) is 3.30. The molecule has 114 valence electrons. The Hall–Kier alpha value is -1.24. The van der Waals surface area contributed by atoms with E-state index in [1.807, 2.05) is 13.8 Å². The van der Waals surface area contributed by atoms with Crippen LogP contribution in [0.3, 0.4) is 0 Å². The van der Waals surface area contributed by atoms with Crippen molar-refractivity contribution in [2.75, 3.05) is 7.11 Å². The quantitative estimate of drug-likeness (QED) is 0.570. The Bertz CT molecular complexity index is 414. The molecule has 0 aliphatic heterocycles. The van der Waals surface area contributed by atoms with Gasteiger partial charge in [-0.25, -0.2) is 0 Å². The van der Waals surface area contributed by atoms with E-state index < -0.39 is 6.61 Å². The number of para-hydroxylation sites is 1. The van der Waals surface area contributed by atoms with Crippen LogP contribution in [-0.2, 0) is 4.74 Å². The largest absolute Gasteiger partial charge is 0.434 e. The number of methoxy groups -OCH3 is 1. The van der Waals surface area contributed by atoms with E-state index in [0.29, 0.717) is 12.0 Å². The normalized spacial score (nSPS) is 13.6. The number of hydrogen-bond acceptors (Lipinski definition) is 4. The van der Waals surface area contributed by atoms with Gasteiger partial charge in [0.05, 0.1) is 5.60 Å². The Morgan fingerprint density at radius 1 is 1.30 bits per heavy atom. The smallest absolute Gasteiger partial charge is 0.387 e. The molecule has 0 aliphatic carbocycles. The summed E-state index contributed by atoms with van der Waals surface area (Å²) in [5, 5.41) is 0. The highest BCUT2D eigenvalue weighted by Gasteiger charge is 2.22. The van der Waals surface area contributed by atoms with E-state index in [1.54, 1.807) is 25.3 Å². The molecule has 0 spiro atoms. The molecular formula is C14H22F2N2O2. The first-order chi connectivity index (χ1) is 9.39. The van der Waals surface area contributed by atoms with Gasteiger partial charge in [-0.1, -0.05) is 18.2 Å². The first kappa shape index (κ1) is 16.8. The number of rotatable bonds is 8. The van der Waals surface area contributed by atoms with Crippen LogP contribution in [0.25, 0.3) is 0 Å². The van der Waals surface area contributed by atoms with Crippen LogP contribution in [0.2, 0.25) is 0 Å². The number of nitrogens with two attached hydrogens (primary N) is 1. The molecule has 0 saturated heterocycles. The lowest BCUT2D eigenvalue weighted by molar-refractivity contribution is -0.0509. The molecule has 0 fully saturated rings. The number of benzene rings is 1. The Kier molecular flexibility index (Phi) is 6.32. The van der Waals surface area contributed by atoms with Crippen molar-refractivity contribution in [2.24, 2.45) is 5.84 Å². The van der Waals surface area contributed by atoms with Gasteiger partial charge in [0.2, 0.25) is 0 Å². The summed E-state index contributed by atoms with van der Waals surface area (Å²) >= 11 is 0. The van der Waals surface area contributed by atoms with E-state index >= 15 is 0 Å². The first-order valence-corrected chi connectivity index (χ1v) is 6.44. The third-order valence-electron chi connectivity index (χ3n) is 3.30. The van der Waals surface area contributed by atoms with Crippen LogP contribution in [0.5, 0.6) is 5.75 Å². The van der Waals surface area contributed by atoms with Crippen molar-refractivity contribution >= 4 is 0 Å². The highest BCUT2D eigenvalue weighted by Crippen LogP contribution is 2.30. The lowest BCUT2D eigenvalue weighted by Gasteiger charge is -2.26. The van der Waals surface area contributed by atoms with Crippen molar-refractivity contribution in [3.8, 4) is 5.75 Å². The average Bonchev–Trinajstić information content (AvgIpc) is 2.40. The number of hydrogen-bond donors (Lipinski definition) is 2. The zero-order chi connectivity index (χ0) is 15.2. The van der Waals surface area contributed by atoms with Crippen LogP contribution in [-0.4, -0.2) is 19.3 Å². The van der Waals surface area contributed by atoms with Gasteiger partial charge in [0, 0.05) is 18.7 Å². The van der Waals surface area contributed by atoms with Crippen LogP contribution in [0.4, 0.5) is 8.78 Å². The monoisotopic (exact) mass is 288 g/mol. The molecule has 0 bridgehead atoms. The topological polar surface area (TPSA) is 56.5 Å². The van der Waals surface area contributed by atoms with E-state index in [4.69, 9.17) is 10.6 Å². The maximum Gasteiger partial charge on any atom is 0.387 e. The fourth-order valence-electron chi connectivity index (χ4n) is 1.89. The van der Waals surface area contributed by atoms with Crippen LogP contribution in [0.1, 0.15) is 38.3 Å². The summed E-state index contributed by atoms with van der Waals surface area (Å²) in [4.78, 5) is 0. The molecule has 4 nitrogen and oxygen atoms in total. The van der Waals surface area contributed by atoms with E-state index in [2.05, 4.69) is 10.2 Å². The van der Waals surface area contributed by atoms with Gasteiger partial charge in [0.1, 0.15) is 5.75 Å². The molecule has 0 heterocycles. The molecule has 1 unspecified atom stereocenters. The van der Waals surface area contributed by atoms with Crippen molar-refractivity contribution in [3.63, 3.8) is 0 Å². The second-order valence-electron chi connectivity index (χ2n) is 5.14. The molecule has 0 radical (unpaired) electrons. The molecule has 0 aromatic heterocycles. The molecule has 0 amide bonds. The summed E-state index contributed by atoms with van der Waals surface area (Å²) in [7, 11) is 1.64. The molecule has 1 atom stereocenters. The van der Waals surface area contributed by atoms with Crippen molar-refractivity contribution in [3.05, 3.63) is 29.8 Å². The fraction of sp³-hybridized carbons (Fsp3) is 0.571. The number of ether oxygens (including phenoxy) is 2. The molecule has 1 aromatic carbocycles. The highest BCUT2D eigenvalue weighted by molar-refractivity contribution is 5.35. The van der Waals surface area contributed by atoms with Crippen LogP contribution in [0, 0.1) is 0 Å². The Morgan fingerprint density at radius 3 is 2.50 bits per heavy atom. The second kappa shape index (κ2) is 7.52. The minimum Gasteiger partial charge on any atom is -0.434 e. The third kappa shape index (κ3) is 5.03. The van der Waals surface area contributed by atoms with Crippen molar-refractivity contribution in [1.82, 2.24) is 5.43 Å². The van der Waals surface area contributed by atoms with E-state index in [-0.39, 0.29) is 17.4 Å². The maximum absolute atomic E-state index is 12.4. The summed E-state index contributed by atoms with van der Waals surface area (Å²) in [6.07, 6.45) is 1.36. The average molecular weight is 288 g/mol. The lowest BCUT2D eigenvalue weighted by Crippen LogP contribution is -2.31. The van der Waals surface area contributed by atoms with Gasteiger partial charge in [0.15, 0.2) is 0 Å². The summed E-state index contributed by atoms with van der Waals surface area (Å²) in [6, 6.07) is 6.36. The molecule has 20 heavy (non-hydrogen) atoms. The van der Waals surface area contributed by atoms with Crippen LogP contribution < -0.4 is 16.0 Å². The Labute approximate surface area is 118 Å². The van der Waals surface area contributed by atoms with Crippen LogP contribution >= 0.6 is 0 Å². The summed E-state index contributed by atoms with van der Waals surface area (Å²) < 4.78 is 34.7. The minimum atomic E-state index is -2.86. The first-order valence-electron chi connectivity index (χ1n) is 6.44. The summed E-state index contributed by atoms with van der Waals surface area (Å²) in [5.74, 6) is 5.68. The summed E-state index contributed by atoms with van der Waals surface area (Å²) in [5.41, 5.74) is 2.96. The standard InChI is InChI=1S/C14H22F2N2O2/c1-14(2,19-3)9-8-11(18-17)10-6-4-5-7-12(10)20-13(15)16/h4-7,11,13,18H,8-9,17H2,1-3H3. The van der Waals surface area contributed by atoms with Crippen LogP contribution in [0.15, 0.2) is 24.3 Å². The fourth-order valence-corrected chi connectivity index (χ4v) is 1.89. The number of halogens is 2. The van der Waals surface area contributed by atoms with Gasteiger partial charge >= 0.3 is 6.61 Å². The van der Waals surface area contributed by atoms with Gasteiger partial charge < -0.3 is 9.47 Å². The molecular weight excluding hydrogens is 266 g/mol.